The molecule has 0 aromatic carbocycles. The number of Topliss-reactive ketones (excluding diaryl/α,β-unsaturated/α-hetero) is 1. The van der Waals surface area contributed by atoms with E-state index in [1.165, 1.54) is 0 Å². The third kappa shape index (κ3) is 5.38. The summed E-state index contributed by atoms with van der Waals surface area (Å²) in [6, 6.07) is 0. The first-order chi connectivity index (χ1) is 6.04. The average Bonchev–Trinajstić information content (AvgIpc) is 1.95. The molecule has 0 aliphatic rings. The topological polar surface area (TPSA) is 37.3 Å². The van der Waals surface area contributed by atoms with Crippen LogP contribution in [-0.2, 0) is 4.79 Å². The van der Waals surface area contributed by atoms with Gasteiger partial charge in [0.05, 0.1) is 0 Å². The zero-order chi connectivity index (χ0) is 11.6. The lowest BCUT2D eigenvalue weighted by Gasteiger charge is -2.24. The lowest BCUT2D eigenvalue weighted by atomic mass is 9.83. The van der Waals surface area contributed by atoms with Crippen LogP contribution in [0.2, 0.25) is 0 Å². The summed E-state index contributed by atoms with van der Waals surface area (Å²) in [5, 5.41) is 9.67. The molecule has 14 heavy (non-hydrogen) atoms. The van der Waals surface area contributed by atoms with Crippen LogP contribution in [0.15, 0.2) is 0 Å². The second-order valence-electron chi connectivity index (χ2n) is 6.23. The summed E-state index contributed by atoms with van der Waals surface area (Å²) in [5.74, 6) is -0.0539. The molecule has 84 valence electrons. The molecule has 0 saturated heterocycles. The maximum atomic E-state index is 11.6. The van der Waals surface area contributed by atoms with E-state index in [9.17, 15) is 9.90 Å². The molecule has 2 nitrogen and oxygen atoms in total. The van der Waals surface area contributed by atoms with Crippen molar-refractivity contribution in [1.29, 1.82) is 0 Å². The van der Waals surface area contributed by atoms with E-state index in [4.69, 9.17) is 0 Å². The first-order valence-corrected chi connectivity index (χ1v) is 5.26. The minimum Gasteiger partial charge on any atom is -0.385 e. The lowest BCUT2D eigenvalue weighted by molar-refractivity contribution is -0.135. The molecule has 0 amide bonds. The zero-order valence-corrected chi connectivity index (χ0v) is 10.3. The van der Waals surface area contributed by atoms with Crippen LogP contribution in [0.5, 0.6) is 0 Å². The molecule has 2 heteroatoms. The summed E-state index contributed by atoms with van der Waals surface area (Å²) >= 11 is 0. The molecule has 0 fully saturated rings. The highest BCUT2D eigenvalue weighted by Gasteiger charge is 2.28. The minimum atomic E-state index is -0.797. The maximum Gasteiger partial charge on any atom is 0.166 e. The normalized spacial score (nSPS) is 15.4. The molecule has 0 aliphatic heterocycles. The molecular weight excluding hydrogens is 176 g/mol. The second kappa shape index (κ2) is 4.43. The Kier molecular flexibility index (Phi) is 4.32. The van der Waals surface area contributed by atoms with Crippen LogP contribution >= 0.6 is 0 Å². The predicted molar refractivity (Wildman–Crippen MR) is 59.2 cm³/mol. The SMILES string of the molecule is CC(C)(C)CC[C@@H](O)C(=O)C(C)(C)C. The highest BCUT2D eigenvalue weighted by molar-refractivity contribution is 5.87. The molecule has 0 heterocycles. The predicted octanol–water partition coefficient (Wildman–Crippen LogP) is 2.79. The molecule has 0 spiro atoms. The van der Waals surface area contributed by atoms with Gasteiger partial charge < -0.3 is 5.11 Å². The van der Waals surface area contributed by atoms with Crippen molar-refractivity contribution in [1.82, 2.24) is 0 Å². The molecule has 0 aromatic heterocycles. The Hall–Kier alpha value is -0.370. The van der Waals surface area contributed by atoms with E-state index in [1.807, 2.05) is 20.8 Å². The standard InChI is InChI=1S/C12H24O2/c1-11(2,3)8-7-9(13)10(14)12(4,5)6/h9,13H,7-8H2,1-6H3/t9-/m1/s1. The third-order valence-corrected chi connectivity index (χ3v) is 2.21. The van der Waals surface area contributed by atoms with Crippen molar-refractivity contribution < 1.29 is 9.90 Å². The van der Waals surface area contributed by atoms with Crippen molar-refractivity contribution in [3.05, 3.63) is 0 Å². The van der Waals surface area contributed by atoms with Gasteiger partial charge in [0.1, 0.15) is 6.10 Å². The molecule has 1 N–H and O–H groups in total. The van der Waals surface area contributed by atoms with E-state index in [2.05, 4.69) is 20.8 Å². The fourth-order valence-electron chi connectivity index (χ4n) is 1.20. The van der Waals surface area contributed by atoms with Crippen LogP contribution < -0.4 is 0 Å². The van der Waals surface area contributed by atoms with Gasteiger partial charge in [0.2, 0.25) is 0 Å². The molecule has 0 saturated carbocycles. The van der Waals surface area contributed by atoms with Crippen LogP contribution in [0.3, 0.4) is 0 Å². The van der Waals surface area contributed by atoms with Crippen molar-refractivity contribution in [2.24, 2.45) is 10.8 Å². The minimum absolute atomic E-state index is 0.0539. The number of hydrogen-bond acceptors (Lipinski definition) is 2. The quantitative estimate of drug-likeness (QED) is 0.760. The molecule has 1 atom stereocenters. The Morgan fingerprint density at radius 2 is 1.57 bits per heavy atom. The Morgan fingerprint density at radius 3 is 1.86 bits per heavy atom. The van der Waals surface area contributed by atoms with Crippen LogP contribution in [-0.4, -0.2) is 17.0 Å². The Labute approximate surface area is 87.7 Å². The van der Waals surface area contributed by atoms with E-state index >= 15 is 0 Å². The number of ketones is 1. The molecule has 0 bridgehead atoms. The molecular formula is C12H24O2. The summed E-state index contributed by atoms with van der Waals surface area (Å²) < 4.78 is 0. The van der Waals surface area contributed by atoms with Gasteiger partial charge in [-0.2, -0.15) is 0 Å². The van der Waals surface area contributed by atoms with E-state index in [0.29, 0.717) is 6.42 Å². The van der Waals surface area contributed by atoms with Crippen LogP contribution in [0, 0.1) is 10.8 Å². The number of hydrogen-bond donors (Lipinski definition) is 1. The summed E-state index contributed by atoms with van der Waals surface area (Å²) in [6.45, 7) is 11.9. The van der Waals surface area contributed by atoms with Crippen molar-refractivity contribution >= 4 is 5.78 Å². The highest BCUT2D eigenvalue weighted by Crippen LogP contribution is 2.24. The van der Waals surface area contributed by atoms with E-state index in [-0.39, 0.29) is 11.2 Å². The molecule has 0 rings (SSSR count). The van der Waals surface area contributed by atoms with Crippen molar-refractivity contribution in [3.63, 3.8) is 0 Å². The third-order valence-electron chi connectivity index (χ3n) is 2.21. The Morgan fingerprint density at radius 1 is 1.14 bits per heavy atom. The van der Waals surface area contributed by atoms with Gasteiger partial charge in [-0.3, -0.25) is 4.79 Å². The monoisotopic (exact) mass is 200 g/mol. The highest BCUT2D eigenvalue weighted by atomic mass is 16.3. The van der Waals surface area contributed by atoms with Crippen molar-refractivity contribution in [2.45, 2.75) is 60.5 Å². The Bertz CT molecular complexity index is 193. The largest absolute Gasteiger partial charge is 0.385 e. The van der Waals surface area contributed by atoms with Gasteiger partial charge in [0.15, 0.2) is 5.78 Å². The number of rotatable bonds is 3. The van der Waals surface area contributed by atoms with Gasteiger partial charge in [0, 0.05) is 5.41 Å². The van der Waals surface area contributed by atoms with Gasteiger partial charge >= 0.3 is 0 Å². The zero-order valence-electron chi connectivity index (χ0n) is 10.3. The maximum absolute atomic E-state index is 11.6. The molecule has 0 radical (unpaired) electrons. The second-order valence-corrected chi connectivity index (χ2v) is 6.23. The van der Waals surface area contributed by atoms with Crippen LogP contribution in [0.1, 0.15) is 54.4 Å². The summed E-state index contributed by atoms with van der Waals surface area (Å²) in [4.78, 5) is 11.6. The van der Waals surface area contributed by atoms with Crippen LogP contribution in [0.4, 0.5) is 0 Å². The van der Waals surface area contributed by atoms with Gasteiger partial charge in [-0.25, -0.2) is 0 Å². The molecule has 0 aromatic rings. The Balaban J connectivity index is 4.11. The number of carbonyl (C=O) groups is 1. The fraction of sp³-hybridized carbons (Fsp3) is 0.917. The number of carbonyl (C=O) groups excluding carboxylic acids is 1. The van der Waals surface area contributed by atoms with Gasteiger partial charge in [-0.1, -0.05) is 41.5 Å². The summed E-state index contributed by atoms with van der Waals surface area (Å²) in [6.07, 6.45) is 0.643. The lowest BCUT2D eigenvalue weighted by Crippen LogP contribution is -2.33. The van der Waals surface area contributed by atoms with E-state index in [0.717, 1.165) is 6.42 Å². The van der Waals surface area contributed by atoms with Gasteiger partial charge in [-0.15, -0.1) is 0 Å². The van der Waals surface area contributed by atoms with E-state index in [1.54, 1.807) is 0 Å². The van der Waals surface area contributed by atoms with Crippen LogP contribution in [0.25, 0.3) is 0 Å². The fourth-order valence-corrected chi connectivity index (χ4v) is 1.20. The van der Waals surface area contributed by atoms with Crippen molar-refractivity contribution in [3.8, 4) is 0 Å². The summed E-state index contributed by atoms with van der Waals surface area (Å²) in [7, 11) is 0. The average molecular weight is 200 g/mol. The summed E-state index contributed by atoms with van der Waals surface area (Å²) in [5.41, 5.74) is -0.254. The number of aliphatic hydroxyl groups excluding tert-OH is 1. The van der Waals surface area contributed by atoms with E-state index < -0.39 is 11.5 Å². The first kappa shape index (κ1) is 13.6. The first-order valence-electron chi connectivity index (χ1n) is 5.26. The number of aliphatic hydroxyl groups is 1. The smallest absolute Gasteiger partial charge is 0.166 e. The van der Waals surface area contributed by atoms with Crippen molar-refractivity contribution in [2.75, 3.05) is 0 Å². The van der Waals surface area contributed by atoms with Gasteiger partial charge in [0.25, 0.3) is 0 Å². The van der Waals surface area contributed by atoms with Gasteiger partial charge in [-0.05, 0) is 18.3 Å². The molecule has 0 aliphatic carbocycles. The molecule has 0 unspecified atom stereocenters.